The number of rotatable bonds is 7. The number of nitrogens with one attached hydrogen (secondary N) is 1. The van der Waals surface area contributed by atoms with Crippen molar-refractivity contribution in [1.29, 1.82) is 0 Å². The van der Waals surface area contributed by atoms with E-state index in [4.69, 9.17) is 5.11 Å². The van der Waals surface area contributed by atoms with Gasteiger partial charge in [-0.2, -0.15) is 0 Å². The van der Waals surface area contributed by atoms with Crippen molar-refractivity contribution < 1.29 is 19.1 Å². The van der Waals surface area contributed by atoms with Crippen molar-refractivity contribution in [3.8, 4) is 0 Å². The third-order valence-corrected chi connectivity index (χ3v) is 3.84. The zero-order chi connectivity index (χ0) is 18.4. The Bertz CT molecular complexity index is 745. The van der Waals surface area contributed by atoms with Crippen LogP contribution in [0, 0.1) is 5.82 Å². The zero-order valence-electron chi connectivity index (χ0n) is 14.2. The summed E-state index contributed by atoms with van der Waals surface area (Å²) in [5.74, 6) is -1.56. The lowest BCUT2D eigenvalue weighted by Gasteiger charge is -2.24. The second-order valence-corrected chi connectivity index (χ2v) is 5.96. The molecule has 0 aliphatic heterocycles. The van der Waals surface area contributed by atoms with Gasteiger partial charge in [-0.05, 0) is 55.9 Å². The SMILES string of the molecule is CN(C)[C@H](C(=O)NCCc1ccc(C(=O)O)cc1)c1cccc(F)c1. The smallest absolute Gasteiger partial charge is 0.335 e. The molecule has 6 heteroatoms. The molecule has 1 amide bonds. The third kappa shape index (κ3) is 5.12. The number of hydrogen-bond donors (Lipinski definition) is 2. The Balaban J connectivity index is 1.96. The lowest BCUT2D eigenvalue weighted by Crippen LogP contribution is -2.38. The van der Waals surface area contributed by atoms with Gasteiger partial charge in [-0.25, -0.2) is 9.18 Å². The topological polar surface area (TPSA) is 69.6 Å². The fourth-order valence-corrected chi connectivity index (χ4v) is 2.60. The molecule has 2 aromatic carbocycles. The van der Waals surface area contributed by atoms with Crippen LogP contribution >= 0.6 is 0 Å². The van der Waals surface area contributed by atoms with E-state index in [-0.39, 0.29) is 17.3 Å². The van der Waals surface area contributed by atoms with Gasteiger partial charge in [0, 0.05) is 6.54 Å². The largest absolute Gasteiger partial charge is 0.478 e. The maximum atomic E-state index is 13.4. The van der Waals surface area contributed by atoms with Crippen molar-refractivity contribution in [3.05, 3.63) is 71.0 Å². The van der Waals surface area contributed by atoms with E-state index in [1.54, 1.807) is 43.3 Å². The van der Waals surface area contributed by atoms with Crippen LogP contribution in [0.2, 0.25) is 0 Å². The maximum absolute atomic E-state index is 13.4. The number of hydrogen-bond acceptors (Lipinski definition) is 3. The Labute approximate surface area is 146 Å². The van der Waals surface area contributed by atoms with Crippen LogP contribution in [0.3, 0.4) is 0 Å². The lowest BCUT2D eigenvalue weighted by atomic mass is 10.0. The molecular formula is C19H21FN2O3. The summed E-state index contributed by atoms with van der Waals surface area (Å²) in [6, 6.07) is 12.0. The third-order valence-electron chi connectivity index (χ3n) is 3.84. The van der Waals surface area contributed by atoms with Crippen LogP contribution in [0.15, 0.2) is 48.5 Å². The Kier molecular flexibility index (Phi) is 6.25. The second kappa shape index (κ2) is 8.39. The van der Waals surface area contributed by atoms with E-state index >= 15 is 0 Å². The summed E-state index contributed by atoms with van der Waals surface area (Å²) in [5.41, 5.74) is 1.75. The molecule has 5 nitrogen and oxygen atoms in total. The zero-order valence-corrected chi connectivity index (χ0v) is 14.2. The van der Waals surface area contributed by atoms with Crippen LogP contribution < -0.4 is 5.32 Å². The number of amides is 1. The first-order valence-electron chi connectivity index (χ1n) is 7.90. The van der Waals surface area contributed by atoms with Gasteiger partial charge in [0.25, 0.3) is 0 Å². The van der Waals surface area contributed by atoms with Crippen LogP contribution in [0.1, 0.15) is 27.5 Å². The molecule has 0 spiro atoms. The molecule has 0 aliphatic rings. The predicted molar refractivity (Wildman–Crippen MR) is 92.9 cm³/mol. The first kappa shape index (κ1) is 18.6. The molecule has 0 heterocycles. The van der Waals surface area contributed by atoms with E-state index in [1.165, 1.54) is 24.3 Å². The summed E-state index contributed by atoms with van der Waals surface area (Å²) in [6.07, 6.45) is 0.578. The van der Waals surface area contributed by atoms with E-state index in [9.17, 15) is 14.0 Å². The van der Waals surface area contributed by atoms with Gasteiger partial charge in [-0.1, -0.05) is 24.3 Å². The number of nitrogens with zero attached hydrogens (tertiary/aromatic N) is 1. The Morgan fingerprint density at radius 3 is 2.40 bits per heavy atom. The molecule has 0 unspecified atom stereocenters. The molecule has 0 saturated heterocycles. The molecule has 25 heavy (non-hydrogen) atoms. The second-order valence-electron chi connectivity index (χ2n) is 5.96. The number of likely N-dealkylation sites (N-methyl/N-ethyl adjacent to an activating group) is 1. The van der Waals surface area contributed by atoms with Crippen molar-refractivity contribution in [1.82, 2.24) is 10.2 Å². The van der Waals surface area contributed by atoms with Crippen LogP contribution in [-0.2, 0) is 11.2 Å². The van der Waals surface area contributed by atoms with Crippen LogP contribution in [0.4, 0.5) is 4.39 Å². The van der Waals surface area contributed by atoms with Crippen molar-refractivity contribution in [3.63, 3.8) is 0 Å². The Morgan fingerprint density at radius 1 is 1.16 bits per heavy atom. The molecule has 132 valence electrons. The van der Waals surface area contributed by atoms with E-state index in [1.807, 2.05) is 0 Å². The molecule has 0 fully saturated rings. The molecule has 0 aromatic heterocycles. The van der Waals surface area contributed by atoms with Crippen LogP contribution in [-0.4, -0.2) is 42.5 Å². The molecule has 0 radical (unpaired) electrons. The molecule has 0 aliphatic carbocycles. The summed E-state index contributed by atoms with van der Waals surface area (Å²) >= 11 is 0. The van der Waals surface area contributed by atoms with Crippen molar-refractivity contribution in [2.45, 2.75) is 12.5 Å². The van der Waals surface area contributed by atoms with Gasteiger partial charge < -0.3 is 10.4 Å². The number of carboxylic acid groups (broad SMARTS) is 1. The molecule has 2 rings (SSSR count). The highest BCUT2D eigenvalue weighted by atomic mass is 19.1. The first-order valence-corrected chi connectivity index (χ1v) is 7.90. The molecule has 1 atom stereocenters. The monoisotopic (exact) mass is 344 g/mol. The predicted octanol–water partition coefficient (Wildman–Crippen LogP) is 2.49. The first-order chi connectivity index (χ1) is 11.9. The van der Waals surface area contributed by atoms with Crippen LogP contribution in [0.25, 0.3) is 0 Å². The molecule has 2 N–H and O–H groups in total. The van der Waals surface area contributed by atoms with Gasteiger partial charge in [-0.15, -0.1) is 0 Å². The normalized spacial score (nSPS) is 12.0. The standard InChI is InChI=1S/C19H21FN2O3/c1-22(2)17(15-4-3-5-16(20)12-15)18(23)21-11-10-13-6-8-14(9-7-13)19(24)25/h3-9,12,17H,10-11H2,1-2H3,(H,21,23)(H,24,25)/t17-/m0/s1. The number of halogens is 1. The maximum Gasteiger partial charge on any atom is 0.335 e. The average Bonchev–Trinajstić information content (AvgIpc) is 2.55. The Hall–Kier alpha value is -2.73. The number of carbonyl (C=O) groups is 2. The summed E-state index contributed by atoms with van der Waals surface area (Å²) in [6.45, 7) is 0.408. The summed E-state index contributed by atoms with van der Waals surface area (Å²) in [7, 11) is 3.53. The summed E-state index contributed by atoms with van der Waals surface area (Å²) in [4.78, 5) is 25.0. The highest BCUT2D eigenvalue weighted by Crippen LogP contribution is 2.19. The van der Waals surface area contributed by atoms with E-state index < -0.39 is 12.0 Å². The van der Waals surface area contributed by atoms with Crippen molar-refractivity contribution in [2.24, 2.45) is 0 Å². The van der Waals surface area contributed by atoms with Gasteiger partial charge in [0.1, 0.15) is 11.9 Å². The van der Waals surface area contributed by atoms with Crippen LogP contribution in [0.5, 0.6) is 0 Å². The van der Waals surface area contributed by atoms with E-state index in [2.05, 4.69) is 5.32 Å². The fraction of sp³-hybridized carbons (Fsp3) is 0.263. The summed E-state index contributed by atoms with van der Waals surface area (Å²) < 4.78 is 13.4. The minimum Gasteiger partial charge on any atom is -0.478 e. The van der Waals surface area contributed by atoms with Gasteiger partial charge >= 0.3 is 5.97 Å². The van der Waals surface area contributed by atoms with Crippen molar-refractivity contribution in [2.75, 3.05) is 20.6 Å². The molecule has 0 bridgehead atoms. The van der Waals surface area contributed by atoms with Crippen molar-refractivity contribution >= 4 is 11.9 Å². The Morgan fingerprint density at radius 2 is 1.84 bits per heavy atom. The molecular weight excluding hydrogens is 323 g/mol. The van der Waals surface area contributed by atoms with Gasteiger partial charge in [0.2, 0.25) is 5.91 Å². The quantitative estimate of drug-likeness (QED) is 0.810. The highest BCUT2D eigenvalue weighted by Gasteiger charge is 2.22. The minimum atomic E-state index is -0.969. The van der Waals surface area contributed by atoms with Gasteiger partial charge in [0.05, 0.1) is 5.56 Å². The average molecular weight is 344 g/mol. The minimum absolute atomic E-state index is 0.210. The summed E-state index contributed by atoms with van der Waals surface area (Å²) in [5, 5.41) is 11.7. The van der Waals surface area contributed by atoms with Gasteiger partial charge in [-0.3, -0.25) is 9.69 Å². The highest BCUT2D eigenvalue weighted by molar-refractivity contribution is 5.87. The number of aromatic carboxylic acids is 1. The van der Waals surface area contributed by atoms with E-state index in [0.29, 0.717) is 18.5 Å². The number of benzene rings is 2. The van der Waals surface area contributed by atoms with E-state index in [0.717, 1.165) is 5.56 Å². The number of carbonyl (C=O) groups excluding carboxylic acids is 1. The number of carboxylic acids is 1. The fourth-order valence-electron chi connectivity index (χ4n) is 2.60. The molecule has 2 aromatic rings. The van der Waals surface area contributed by atoms with Gasteiger partial charge in [0.15, 0.2) is 0 Å². The molecule has 0 saturated carbocycles. The lowest BCUT2D eigenvalue weighted by molar-refractivity contribution is -0.125.